The van der Waals surface area contributed by atoms with E-state index in [2.05, 4.69) is 11.8 Å². The van der Waals surface area contributed by atoms with Crippen molar-refractivity contribution < 1.29 is 28.9 Å². The molecule has 0 aromatic heterocycles. The predicted molar refractivity (Wildman–Crippen MR) is 147 cm³/mol. The normalized spacial score (nSPS) is 25.3. The van der Waals surface area contributed by atoms with Crippen molar-refractivity contribution in [3.05, 3.63) is 106 Å². The van der Waals surface area contributed by atoms with Crippen molar-refractivity contribution in [2.75, 3.05) is 32.8 Å². The number of hydrogen-bond donors (Lipinski definition) is 1. The second-order valence-corrected chi connectivity index (χ2v) is 10.7. The fraction of sp³-hybridized carbons (Fsp3) is 0.375. The largest absolute Gasteiger partial charge is 0.392 e. The van der Waals surface area contributed by atoms with Gasteiger partial charge in [0, 0.05) is 31.1 Å². The van der Waals surface area contributed by atoms with Crippen LogP contribution < -0.4 is 0 Å². The van der Waals surface area contributed by atoms with Gasteiger partial charge in [0.1, 0.15) is 0 Å². The summed E-state index contributed by atoms with van der Waals surface area (Å²) in [6.07, 6.45) is -0.814. The second kappa shape index (κ2) is 11.6. The van der Waals surface area contributed by atoms with Crippen LogP contribution in [0.15, 0.2) is 72.8 Å². The van der Waals surface area contributed by atoms with Crippen molar-refractivity contribution in [3.8, 4) is 0 Å². The average Bonchev–Trinajstić information content (AvgIpc) is 3.24. The molecule has 0 aliphatic carbocycles. The number of hydrogen-bond acceptors (Lipinski definition) is 7. The number of benzene rings is 3. The highest BCUT2D eigenvalue weighted by Gasteiger charge is 2.39. The van der Waals surface area contributed by atoms with E-state index in [9.17, 15) is 14.7 Å². The number of rotatable bonds is 7. The summed E-state index contributed by atoms with van der Waals surface area (Å²) < 4.78 is 18.7. The van der Waals surface area contributed by atoms with Crippen LogP contribution in [0, 0.1) is 5.92 Å². The number of aliphatic hydroxyl groups is 1. The summed E-state index contributed by atoms with van der Waals surface area (Å²) in [5.74, 6) is -0.426. The highest BCUT2D eigenvalue weighted by atomic mass is 16.7. The first-order chi connectivity index (χ1) is 19.5. The summed E-state index contributed by atoms with van der Waals surface area (Å²) in [5.41, 5.74) is 4.54. The highest BCUT2D eigenvalue weighted by molar-refractivity contribution is 6.21. The first-order valence-corrected chi connectivity index (χ1v) is 13.9. The van der Waals surface area contributed by atoms with E-state index >= 15 is 0 Å². The van der Waals surface area contributed by atoms with Crippen LogP contribution in [0.4, 0.5) is 0 Å². The van der Waals surface area contributed by atoms with Crippen LogP contribution in [0.3, 0.4) is 0 Å². The van der Waals surface area contributed by atoms with E-state index in [-0.39, 0.29) is 43.1 Å². The van der Waals surface area contributed by atoms with Crippen molar-refractivity contribution >= 4 is 11.8 Å². The molecular formula is C32H34N2O6. The Labute approximate surface area is 234 Å². The Bertz CT molecular complexity index is 1320. The molecule has 3 heterocycles. The molecular weight excluding hydrogens is 508 g/mol. The van der Waals surface area contributed by atoms with Gasteiger partial charge in [-0.15, -0.1) is 0 Å². The van der Waals surface area contributed by atoms with E-state index in [1.807, 2.05) is 48.5 Å². The topological polar surface area (TPSA) is 88.5 Å². The van der Waals surface area contributed by atoms with Crippen LogP contribution in [-0.4, -0.2) is 65.7 Å². The summed E-state index contributed by atoms with van der Waals surface area (Å²) >= 11 is 0. The van der Waals surface area contributed by atoms with Crippen LogP contribution in [0.1, 0.15) is 62.3 Å². The first kappa shape index (κ1) is 26.8. The lowest BCUT2D eigenvalue weighted by Gasteiger charge is -2.43. The predicted octanol–water partition coefficient (Wildman–Crippen LogP) is 4.10. The van der Waals surface area contributed by atoms with Gasteiger partial charge >= 0.3 is 0 Å². The highest BCUT2D eigenvalue weighted by Crippen LogP contribution is 2.42. The molecule has 2 fully saturated rings. The molecule has 3 aliphatic rings. The summed E-state index contributed by atoms with van der Waals surface area (Å²) in [5, 5.41) is 9.49. The quantitative estimate of drug-likeness (QED) is 0.450. The van der Waals surface area contributed by atoms with Crippen molar-refractivity contribution in [2.45, 2.75) is 38.6 Å². The summed E-state index contributed by atoms with van der Waals surface area (Å²) in [6.45, 7) is 6.35. The lowest BCUT2D eigenvalue weighted by Crippen LogP contribution is -2.47. The fourth-order valence-corrected chi connectivity index (χ4v) is 5.71. The smallest absolute Gasteiger partial charge is 0.261 e. The number of fused-ring (bicyclic) bond motifs is 1. The minimum atomic E-state index is -0.571. The van der Waals surface area contributed by atoms with Gasteiger partial charge in [-0.3, -0.25) is 19.4 Å². The Morgan fingerprint density at radius 3 is 2.02 bits per heavy atom. The van der Waals surface area contributed by atoms with Crippen molar-refractivity contribution in [1.82, 2.24) is 9.80 Å². The maximum Gasteiger partial charge on any atom is 0.261 e. The number of aliphatic hydroxyl groups excluding tert-OH is 1. The zero-order chi connectivity index (χ0) is 27.6. The van der Waals surface area contributed by atoms with Gasteiger partial charge in [0.15, 0.2) is 6.29 Å². The molecule has 0 saturated carbocycles. The standard InChI is InChI=1S/C32H34N2O6/c1-21-28(19-33-14-16-38-17-15-33)39-32(40-29(21)24-10-8-23(20-35)9-11-24)25-12-6-22(7-13-25)18-34-30(36)26-4-2-3-5-27(26)31(34)37/h2-13,21,28-29,32,35H,14-20H2,1H3. The monoisotopic (exact) mass is 542 g/mol. The first-order valence-electron chi connectivity index (χ1n) is 13.9. The average molecular weight is 543 g/mol. The van der Waals surface area contributed by atoms with Gasteiger partial charge in [-0.2, -0.15) is 0 Å². The van der Waals surface area contributed by atoms with Gasteiger partial charge in [-0.1, -0.05) is 67.6 Å². The molecule has 208 valence electrons. The number of carbonyl (C=O) groups excluding carboxylic acids is 2. The number of morpholine rings is 1. The molecule has 1 N–H and O–H groups in total. The van der Waals surface area contributed by atoms with Gasteiger partial charge in [0.05, 0.1) is 49.7 Å². The van der Waals surface area contributed by atoms with Crippen molar-refractivity contribution in [1.29, 1.82) is 0 Å². The summed E-state index contributed by atoms with van der Waals surface area (Å²) in [7, 11) is 0. The molecule has 3 aromatic rings. The lowest BCUT2D eigenvalue weighted by atomic mass is 9.90. The maximum atomic E-state index is 12.8. The minimum absolute atomic E-state index is 0.000189. The van der Waals surface area contributed by atoms with E-state index in [0.717, 1.165) is 55.1 Å². The van der Waals surface area contributed by atoms with E-state index in [0.29, 0.717) is 11.1 Å². The second-order valence-electron chi connectivity index (χ2n) is 10.7. The Balaban J connectivity index is 1.20. The van der Waals surface area contributed by atoms with E-state index in [1.165, 1.54) is 4.90 Å². The Morgan fingerprint density at radius 1 is 0.800 bits per heavy atom. The molecule has 0 spiro atoms. The third kappa shape index (κ3) is 5.33. The summed E-state index contributed by atoms with van der Waals surface area (Å²) in [4.78, 5) is 29.3. The van der Waals surface area contributed by atoms with Crippen LogP contribution in [0.25, 0.3) is 0 Å². The third-order valence-corrected chi connectivity index (χ3v) is 8.14. The van der Waals surface area contributed by atoms with Crippen LogP contribution in [0.5, 0.6) is 0 Å². The van der Waals surface area contributed by atoms with Gasteiger partial charge in [-0.05, 0) is 28.8 Å². The number of carbonyl (C=O) groups is 2. The number of amides is 2. The zero-order valence-electron chi connectivity index (χ0n) is 22.6. The lowest BCUT2D eigenvalue weighted by molar-refractivity contribution is -0.277. The van der Waals surface area contributed by atoms with Crippen LogP contribution in [-0.2, 0) is 27.4 Å². The molecule has 4 atom stereocenters. The maximum absolute atomic E-state index is 12.8. The number of ether oxygens (including phenoxy) is 3. The van der Waals surface area contributed by atoms with Crippen LogP contribution in [0.2, 0.25) is 0 Å². The van der Waals surface area contributed by atoms with E-state index in [1.54, 1.807) is 24.3 Å². The molecule has 0 radical (unpaired) electrons. The summed E-state index contributed by atoms with van der Waals surface area (Å²) in [6, 6.07) is 22.6. The molecule has 0 bridgehead atoms. The fourth-order valence-electron chi connectivity index (χ4n) is 5.71. The minimum Gasteiger partial charge on any atom is -0.392 e. The van der Waals surface area contributed by atoms with E-state index in [4.69, 9.17) is 14.2 Å². The third-order valence-electron chi connectivity index (χ3n) is 8.14. The van der Waals surface area contributed by atoms with Crippen molar-refractivity contribution in [2.24, 2.45) is 5.92 Å². The van der Waals surface area contributed by atoms with Gasteiger partial charge in [0.25, 0.3) is 11.8 Å². The zero-order valence-corrected chi connectivity index (χ0v) is 22.6. The molecule has 4 unspecified atom stereocenters. The molecule has 8 heteroatoms. The van der Waals surface area contributed by atoms with Crippen molar-refractivity contribution in [3.63, 3.8) is 0 Å². The van der Waals surface area contributed by atoms with Gasteiger partial charge in [0.2, 0.25) is 0 Å². The van der Waals surface area contributed by atoms with Crippen LogP contribution >= 0.6 is 0 Å². The molecule has 40 heavy (non-hydrogen) atoms. The SMILES string of the molecule is CC1C(CN2CCOCC2)OC(c2ccc(CN3C(=O)c4ccccc4C3=O)cc2)OC1c1ccc(CO)cc1. The molecule has 3 aliphatic heterocycles. The van der Waals surface area contributed by atoms with Gasteiger partial charge in [-0.25, -0.2) is 0 Å². The Hall–Kier alpha value is -3.40. The number of imide groups is 1. The number of nitrogens with zero attached hydrogens (tertiary/aromatic N) is 2. The Kier molecular flexibility index (Phi) is 7.78. The van der Waals surface area contributed by atoms with Gasteiger partial charge < -0.3 is 19.3 Å². The Morgan fingerprint density at radius 2 is 1.40 bits per heavy atom. The molecule has 3 aromatic carbocycles. The molecule has 6 rings (SSSR count). The molecule has 2 saturated heterocycles. The molecule has 2 amide bonds. The van der Waals surface area contributed by atoms with E-state index < -0.39 is 6.29 Å². The molecule has 8 nitrogen and oxygen atoms in total.